The molecule has 8 nitrogen and oxygen atoms in total. The van der Waals surface area contributed by atoms with Crippen LogP contribution in [0.25, 0.3) is 22.4 Å². The van der Waals surface area contributed by atoms with Crippen molar-refractivity contribution >= 4 is 22.8 Å². The normalized spacial score (nSPS) is 16.9. The predicted molar refractivity (Wildman–Crippen MR) is 99.1 cm³/mol. The van der Waals surface area contributed by atoms with E-state index in [1.165, 1.54) is 6.26 Å². The minimum absolute atomic E-state index is 0.0409. The van der Waals surface area contributed by atoms with Gasteiger partial charge in [-0.05, 0) is 23.8 Å². The minimum Gasteiger partial charge on any atom is -0.461 e. The molecule has 1 aliphatic rings. The molecular formula is C20H16N4O4. The van der Waals surface area contributed by atoms with Crippen molar-refractivity contribution < 1.29 is 18.5 Å². The molecule has 140 valence electrons. The number of H-pyrrole nitrogens is 1. The maximum Gasteiger partial charge on any atom is 0.325 e. The molecule has 1 aromatic carbocycles. The summed E-state index contributed by atoms with van der Waals surface area (Å²) in [6, 6.07) is 12.0. The second-order valence-corrected chi connectivity index (χ2v) is 6.65. The largest absolute Gasteiger partial charge is 0.461 e. The van der Waals surface area contributed by atoms with Gasteiger partial charge in [-0.1, -0.05) is 23.4 Å². The molecule has 0 saturated carbocycles. The van der Waals surface area contributed by atoms with Crippen LogP contribution in [0, 0.1) is 0 Å². The van der Waals surface area contributed by atoms with Crippen molar-refractivity contribution in [3.8, 4) is 11.5 Å². The highest BCUT2D eigenvalue weighted by molar-refractivity contribution is 6.04. The lowest BCUT2D eigenvalue weighted by atomic mass is 10.1. The SMILES string of the molecule is O=C1NC(Cc2c[nH]c3ccccc23)C(=O)N1Cc1cc(-c2ccco2)on1. The van der Waals surface area contributed by atoms with Gasteiger partial charge in [0.2, 0.25) is 5.76 Å². The number of furan rings is 1. The van der Waals surface area contributed by atoms with E-state index in [4.69, 9.17) is 8.94 Å². The first-order chi connectivity index (χ1) is 13.7. The molecule has 1 atom stereocenters. The lowest BCUT2D eigenvalue weighted by molar-refractivity contribution is -0.127. The van der Waals surface area contributed by atoms with Gasteiger partial charge in [0, 0.05) is 29.6 Å². The number of hydrogen-bond donors (Lipinski definition) is 2. The van der Waals surface area contributed by atoms with Crippen LogP contribution >= 0.6 is 0 Å². The van der Waals surface area contributed by atoms with Gasteiger partial charge in [-0.15, -0.1) is 0 Å². The van der Waals surface area contributed by atoms with Crippen molar-refractivity contribution in [1.29, 1.82) is 0 Å². The third-order valence-corrected chi connectivity index (χ3v) is 4.85. The number of urea groups is 1. The van der Waals surface area contributed by atoms with Crippen LogP contribution < -0.4 is 5.32 Å². The molecule has 1 unspecified atom stereocenters. The number of hydrogen-bond acceptors (Lipinski definition) is 5. The zero-order valence-corrected chi connectivity index (χ0v) is 14.7. The summed E-state index contributed by atoms with van der Waals surface area (Å²) in [5.74, 6) is 0.702. The molecule has 28 heavy (non-hydrogen) atoms. The quantitative estimate of drug-likeness (QED) is 0.521. The Balaban J connectivity index is 1.32. The number of benzene rings is 1. The fraction of sp³-hybridized carbons (Fsp3) is 0.150. The molecule has 3 aromatic heterocycles. The highest BCUT2D eigenvalue weighted by Crippen LogP contribution is 2.24. The average Bonchev–Trinajstić information content (AvgIpc) is 3.48. The van der Waals surface area contributed by atoms with Gasteiger partial charge in [-0.25, -0.2) is 4.79 Å². The second kappa shape index (κ2) is 6.41. The Bertz CT molecular complexity index is 1160. The van der Waals surface area contributed by atoms with Gasteiger partial charge in [0.1, 0.15) is 11.7 Å². The molecule has 4 heterocycles. The number of nitrogens with zero attached hydrogens (tertiary/aromatic N) is 2. The summed E-state index contributed by atoms with van der Waals surface area (Å²) >= 11 is 0. The van der Waals surface area contributed by atoms with Crippen LogP contribution in [0.4, 0.5) is 4.79 Å². The lowest BCUT2D eigenvalue weighted by Gasteiger charge is -2.10. The summed E-state index contributed by atoms with van der Waals surface area (Å²) in [6.45, 7) is 0.0409. The van der Waals surface area contributed by atoms with Crippen LogP contribution in [0.2, 0.25) is 0 Å². The number of aromatic nitrogens is 2. The van der Waals surface area contributed by atoms with E-state index in [1.54, 1.807) is 18.2 Å². The van der Waals surface area contributed by atoms with E-state index in [2.05, 4.69) is 15.5 Å². The molecule has 0 bridgehead atoms. The maximum absolute atomic E-state index is 12.8. The average molecular weight is 376 g/mol. The smallest absolute Gasteiger partial charge is 0.325 e. The summed E-state index contributed by atoms with van der Waals surface area (Å²) in [5.41, 5.74) is 2.46. The van der Waals surface area contributed by atoms with Gasteiger partial charge >= 0.3 is 6.03 Å². The van der Waals surface area contributed by atoms with Gasteiger partial charge < -0.3 is 19.2 Å². The summed E-state index contributed by atoms with van der Waals surface area (Å²) in [7, 11) is 0. The van der Waals surface area contributed by atoms with Crippen LogP contribution in [0.5, 0.6) is 0 Å². The van der Waals surface area contributed by atoms with Crippen molar-refractivity contribution in [2.45, 2.75) is 19.0 Å². The minimum atomic E-state index is -0.608. The summed E-state index contributed by atoms with van der Waals surface area (Å²) in [4.78, 5) is 29.5. The number of amides is 3. The Morgan fingerprint density at radius 1 is 1.11 bits per heavy atom. The second-order valence-electron chi connectivity index (χ2n) is 6.65. The van der Waals surface area contributed by atoms with E-state index in [0.717, 1.165) is 21.4 Å². The molecule has 5 rings (SSSR count). The molecule has 1 saturated heterocycles. The van der Waals surface area contributed by atoms with Gasteiger partial charge in [0.15, 0.2) is 5.76 Å². The molecule has 1 fully saturated rings. The molecule has 3 amide bonds. The summed E-state index contributed by atoms with van der Waals surface area (Å²) in [6.07, 6.45) is 3.83. The van der Waals surface area contributed by atoms with Crippen molar-refractivity contribution in [3.05, 3.63) is 66.2 Å². The third-order valence-electron chi connectivity index (χ3n) is 4.85. The first-order valence-electron chi connectivity index (χ1n) is 8.85. The molecular weight excluding hydrogens is 360 g/mol. The standard InChI is InChI=1S/C20H16N4O4/c25-19-16(8-12-10-21-15-5-2-1-4-14(12)15)22-20(26)24(19)11-13-9-18(28-23-13)17-6-3-7-27-17/h1-7,9-10,16,21H,8,11H2,(H,22,26). The zero-order valence-electron chi connectivity index (χ0n) is 14.7. The molecule has 2 N–H and O–H groups in total. The molecule has 0 spiro atoms. The van der Waals surface area contributed by atoms with Crippen LogP contribution in [0.1, 0.15) is 11.3 Å². The Hall–Kier alpha value is -3.81. The van der Waals surface area contributed by atoms with E-state index in [-0.39, 0.29) is 12.5 Å². The third kappa shape index (κ3) is 2.75. The Morgan fingerprint density at radius 2 is 2.00 bits per heavy atom. The van der Waals surface area contributed by atoms with Crippen LogP contribution in [0.15, 0.2) is 63.9 Å². The van der Waals surface area contributed by atoms with Crippen molar-refractivity contribution in [2.75, 3.05) is 0 Å². The summed E-state index contributed by atoms with van der Waals surface area (Å²) in [5, 5.41) is 7.73. The van der Waals surface area contributed by atoms with E-state index in [9.17, 15) is 9.59 Å². The van der Waals surface area contributed by atoms with Gasteiger partial charge in [0.25, 0.3) is 5.91 Å². The van der Waals surface area contributed by atoms with Crippen LogP contribution in [-0.4, -0.2) is 33.0 Å². The topological polar surface area (TPSA) is 104 Å². The number of imide groups is 1. The van der Waals surface area contributed by atoms with E-state index >= 15 is 0 Å². The van der Waals surface area contributed by atoms with Crippen LogP contribution in [0.3, 0.4) is 0 Å². The van der Waals surface area contributed by atoms with Gasteiger partial charge in [0.05, 0.1) is 12.8 Å². The first kappa shape index (κ1) is 16.4. The highest BCUT2D eigenvalue weighted by atomic mass is 16.5. The molecule has 0 aliphatic carbocycles. The monoisotopic (exact) mass is 376 g/mol. The van der Waals surface area contributed by atoms with Crippen molar-refractivity contribution in [1.82, 2.24) is 20.4 Å². The number of carbonyl (C=O) groups is 2. The van der Waals surface area contributed by atoms with Crippen molar-refractivity contribution in [3.63, 3.8) is 0 Å². The number of para-hydroxylation sites is 1. The van der Waals surface area contributed by atoms with Crippen molar-refractivity contribution in [2.24, 2.45) is 0 Å². The summed E-state index contributed by atoms with van der Waals surface area (Å²) < 4.78 is 10.5. The molecule has 8 heteroatoms. The Kier molecular flexibility index (Phi) is 3.75. The first-order valence-corrected chi connectivity index (χ1v) is 8.85. The van der Waals surface area contributed by atoms with Gasteiger partial charge in [-0.2, -0.15) is 0 Å². The Labute approximate surface area is 159 Å². The fourth-order valence-corrected chi connectivity index (χ4v) is 3.47. The lowest BCUT2D eigenvalue weighted by Crippen LogP contribution is -2.32. The number of rotatable bonds is 5. The number of carbonyl (C=O) groups excluding carboxylic acids is 2. The molecule has 4 aromatic rings. The van der Waals surface area contributed by atoms with Crippen LogP contribution in [-0.2, 0) is 17.8 Å². The number of nitrogens with one attached hydrogen (secondary N) is 2. The van der Waals surface area contributed by atoms with E-state index < -0.39 is 12.1 Å². The molecule has 0 radical (unpaired) electrons. The van der Waals surface area contributed by atoms with E-state index in [0.29, 0.717) is 23.6 Å². The fourth-order valence-electron chi connectivity index (χ4n) is 3.47. The number of fused-ring (bicyclic) bond motifs is 1. The van der Waals surface area contributed by atoms with E-state index in [1.807, 2.05) is 30.5 Å². The zero-order chi connectivity index (χ0) is 19.1. The number of aromatic amines is 1. The Morgan fingerprint density at radius 3 is 2.86 bits per heavy atom. The highest BCUT2D eigenvalue weighted by Gasteiger charge is 2.38. The molecule has 1 aliphatic heterocycles. The maximum atomic E-state index is 12.8. The predicted octanol–water partition coefficient (Wildman–Crippen LogP) is 3.08. The van der Waals surface area contributed by atoms with Gasteiger partial charge in [-0.3, -0.25) is 9.69 Å².